The van der Waals surface area contributed by atoms with E-state index in [4.69, 9.17) is 0 Å². The Kier molecular flexibility index (Phi) is 2.27. The van der Waals surface area contributed by atoms with Crippen LogP contribution in [0.1, 0.15) is 26.7 Å². The molecule has 1 rings (SSSR count). The molecule has 1 aliphatic rings. The van der Waals surface area contributed by atoms with Crippen LogP contribution in [-0.4, -0.2) is 23.5 Å². The number of hydrogen-bond acceptors (Lipinski definition) is 2. The summed E-state index contributed by atoms with van der Waals surface area (Å²) in [5.41, 5.74) is 2.79. The molecule has 1 unspecified atom stereocenters. The van der Waals surface area contributed by atoms with E-state index in [1.54, 1.807) is 6.92 Å². The molecule has 0 radical (unpaired) electrons. The molecule has 1 atom stereocenters. The summed E-state index contributed by atoms with van der Waals surface area (Å²) < 4.78 is 0. The Balaban J connectivity index is 2.33. The van der Waals surface area contributed by atoms with Crippen molar-refractivity contribution in [2.45, 2.75) is 32.7 Å². The molecule has 0 spiro atoms. The van der Waals surface area contributed by atoms with Gasteiger partial charge in [-0.15, -0.1) is 0 Å². The second kappa shape index (κ2) is 3.01. The van der Waals surface area contributed by atoms with E-state index < -0.39 is 0 Å². The molecule has 3 heteroatoms. The highest BCUT2D eigenvalue weighted by Gasteiger charge is 2.20. The van der Waals surface area contributed by atoms with E-state index in [0.29, 0.717) is 6.04 Å². The van der Waals surface area contributed by atoms with Crippen LogP contribution in [0.15, 0.2) is 0 Å². The molecular weight excluding hydrogens is 128 g/mol. The van der Waals surface area contributed by atoms with Gasteiger partial charge in [-0.1, -0.05) is 0 Å². The van der Waals surface area contributed by atoms with Crippen molar-refractivity contribution < 1.29 is 4.79 Å². The third kappa shape index (κ3) is 1.70. The highest BCUT2D eigenvalue weighted by molar-refractivity contribution is 5.72. The van der Waals surface area contributed by atoms with Gasteiger partial charge in [-0.05, 0) is 19.8 Å². The Hall–Kier alpha value is -0.570. The van der Waals surface area contributed by atoms with Gasteiger partial charge >= 0.3 is 0 Å². The topological polar surface area (TPSA) is 32.3 Å². The molecule has 1 aliphatic heterocycles. The lowest BCUT2D eigenvalue weighted by Gasteiger charge is -2.20. The minimum absolute atomic E-state index is 0.0359. The molecule has 0 aromatic carbocycles. The number of carbonyl (C=O) groups is 1. The van der Waals surface area contributed by atoms with Crippen LogP contribution >= 0.6 is 0 Å². The Morgan fingerprint density at radius 1 is 1.70 bits per heavy atom. The molecule has 0 saturated carbocycles. The molecule has 10 heavy (non-hydrogen) atoms. The fourth-order valence-electron chi connectivity index (χ4n) is 1.30. The van der Waals surface area contributed by atoms with Gasteiger partial charge < -0.3 is 0 Å². The predicted octanol–water partition coefficient (Wildman–Crippen LogP) is 0.522. The molecule has 0 aromatic rings. The van der Waals surface area contributed by atoms with Crippen molar-refractivity contribution in [2.75, 3.05) is 6.54 Å². The third-order valence-electron chi connectivity index (χ3n) is 1.85. The number of amides is 1. The molecule has 3 nitrogen and oxygen atoms in total. The predicted molar refractivity (Wildman–Crippen MR) is 39.2 cm³/mol. The maximum absolute atomic E-state index is 10.6. The normalized spacial score (nSPS) is 26.8. The Morgan fingerprint density at radius 3 is 2.80 bits per heavy atom. The van der Waals surface area contributed by atoms with Crippen molar-refractivity contribution in [2.24, 2.45) is 0 Å². The van der Waals surface area contributed by atoms with Crippen LogP contribution in [0.2, 0.25) is 0 Å². The number of rotatable bonds is 1. The van der Waals surface area contributed by atoms with Crippen LogP contribution in [-0.2, 0) is 4.79 Å². The Morgan fingerprint density at radius 2 is 2.40 bits per heavy atom. The molecule has 1 N–H and O–H groups in total. The zero-order valence-electron chi connectivity index (χ0n) is 6.55. The maximum Gasteiger partial charge on any atom is 0.231 e. The lowest BCUT2D eigenvalue weighted by Crippen LogP contribution is -2.42. The first-order valence-electron chi connectivity index (χ1n) is 3.74. The van der Waals surface area contributed by atoms with Gasteiger partial charge in [0.25, 0.3) is 0 Å². The molecule has 1 heterocycles. The van der Waals surface area contributed by atoms with E-state index in [1.807, 2.05) is 5.01 Å². The third-order valence-corrected chi connectivity index (χ3v) is 1.85. The van der Waals surface area contributed by atoms with E-state index in [1.165, 1.54) is 12.8 Å². The molecular formula is C7H14N2O. The van der Waals surface area contributed by atoms with E-state index in [2.05, 4.69) is 12.3 Å². The van der Waals surface area contributed by atoms with Gasteiger partial charge in [-0.25, -0.2) is 5.01 Å². The molecule has 1 saturated heterocycles. The first kappa shape index (κ1) is 7.54. The van der Waals surface area contributed by atoms with Crippen molar-refractivity contribution in [1.82, 2.24) is 10.4 Å². The SMILES string of the molecule is CC(=O)NN1CCCC1C. The van der Waals surface area contributed by atoms with Crippen molar-refractivity contribution in [3.8, 4) is 0 Å². The number of carbonyl (C=O) groups excluding carboxylic acids is 1. The minimum Gasteiger partial charge on any atom is -0.289 e. The minimum atomic E-state index is 0.0359. The van der Waals surface area contributed by atoms with Crippen LogP contribution in [0.3, 0.4) is 0 Å². The zero-order valence-corrected chi connectivity index (χ0v) is 6.55. The monoisotopic (exact) mass is 142 g/mol. The molecule has 0 aliphatic carbocycles. The average Bonchev–Trinajstić information content (AvgIpc) is 2.15. The smallest absolute Gasteiger partial charge is 0.231 e. The van der Waals surface area contributed by atoms with E-state index >= 15 is 0 Å². The van der Waals surface area contributed by atoms with Crippen LogP contribution in [0.4, 0.5) is 0 Å². The largest absolute Gasteiger partial charge is 0.289 e. The lowest BCUT2D eigenvalue weighted by atomic mass is 10.3. The second-order valence-electron chi connectivity index (χ2n) is 2.85. The summed E-state index contributed by atoms with van der Waals surface area (Å²) in [6, 6.07) is 0.517. The lowest BCUT2D eigenvalue weighted by molar-refractivity contribution is -0.124. The van der Waals surface area contributed by atoms with Crippen LogP contribution in [0.25, 0.3) is 0 Å². The summed E-state index contributed by atoms with van der Waals surface area (Å²) in [6.45, 7) is 4.68. The van der Waals surface area contributed by atoms with E-state index in [0.717, 1.165) is 6.54 Å². The van der Waals surface area contributed by atoms with Gasteiger partial charge in [-0.2, -0.15) is 0 Å². The van der Waals surface area contributed by atoms with Crippen molar-refractivity contribution in [1.29, 1.82) is 0 Å². The second-order valence-corrected chi connectivity index (χ2v) is 2.85. The van der Waals surface area contributed by atoms with Crippen molar-refractivity contribution >= 4 is 5.91 Å². The van der Waals surface area contributed by atoms with E-state index in [-0.39, 0.29) is 5.91 Å². The molecule has 1 fully saturated rings. The molecule has 0 aromatic heterocycles. The quantitative estimate of drug-likeness (QED) is 0.579. The molecule has 58 valence electrons. The first-order valence-corrected chi connectivity index (χ1v) is 3.74. The van der Waals surface area contributed by atoms with Crippen molar-refractivity contribution in [3.63, 3.8) is 0 Å². The molecule has 0 bridgehead atoms. The number of nitrogens with zero attached hydrogens (tertiary/aromatic N) is 1. The first-order chi connectivity index (χ1) is 4.70. The van der Waals surface area contributed by atoms with Gasteiger partial charge in [0.05, 0.1) is 0 Å². The van der Waals surface area contributed by atoms with Gasteiger partial charge in [0.15, 0.2) is 0 Å². The fraction of sp³-hybridized carbons (Fsp3) is 0.857. The van der Waals surface area contributed by atoms with Gasteiger partial charge in [0.2, 0.25) is 5.91 Å². The maximum atomic E-state index is 10.6. The summed E-state index contributed by atoms with van der Waals surface area (Å²) in [5.74, 6) is 0.0359. The van der Waals surface area contributed by atoms with Crippen LogP contribution < -0.4 is 5.43 Å². The number of nitrogens with one attached hydrogen (secondary N) is 1. The Labute approximate surface area is 61.4 Å². The summed E-state index contributed by atoms with van der Waals surface area (Å²) in [5, 5.41) is 2.00. The van der Waals surface area contributed by atoms with Gasteiger partial charge in [-0.3, -0.25) is 10.2 Å². The molecule has 1 amide bonds. The number of hydrazine groups is 1. The zero-order chi connectivity index (χ0) is 7.56. The highest BCUT2D eigenvalue weighted by Crippen LogP contribution is 2.12. The summed E-state index contributed by atoms with van der Waals surface area (Å²) >= 11 is 0. The average molecular weight is 142 g/mol. The van der Waals surface area contributed by atoms with E-state index in [9.17, 15) is 4.79 Å². The summed E-state index contributed by atoms with van der Waals surface area (Å²) in [6.07, 6.45) is 2.39. The van der Waals surface area contributed by atoms with Crippen LogP contribution in [0, 0.1) is 0 Å². The summed E-state index contributed by atoms with van der Waals surface area (Å²) in [7, 11) is 0. The summed E-state index contributed by atoms with van der Waals surface area (Å²) in [4.78, 5) is 10.6. The number of hydrogen-bond donors (Lipinski definition) is 1. The fourth-order valence-corrected chi connectivity index (χ4v) is 1.30. The highest BCUT2D eigenvalue weighted by atomic mass is 16.2. The van der Waals surface area contributed by atoms with Crippen molar-refractivity contribution in [3.05, 3.63) is 0 Å². The van der Waals surface area contributed by atoms with Gasteiger partial charge in [0.1, 0.15) is 0 Å². The Bertz CT molecular complexity index is 136. The van der Waals surface area contributed by atoms with Gasteiger partial charge in [0, 0.05) is 19.5 Å². The standard InChI is InChI=1S/C7H14N2O/c1-6-4-3-5-9(6)8-7(2)10/h6H,3-5H2,1-2H3,(H,8,10). The van der Waals surface area contributed by atoms with Crippen LogP contribution in [0.5, 0.6) is 0 Å².